The fourth-order valence-corrected chi connectivity index (χ4v) is 3.98. The fraction of sp³-hybridized carbons (Fsp3) is 0.267. The van der Waals surface area contributed by atoms with Crippen molar-refractivity contribution in [3.8, 4) is 34.1 Å². The molecule has 186 valence electrons. The van der Waals surface area contributed by atoms with Gasteiger partial charge in [-0.2, -0.15) is 0 Å². The standard InChI is InChI=1S/C30H32ClN3O2/c1-3-34(4-2)20-22-36-28-15-9-25(10-16-28)30-32-19-17-29(33-30)24-7-13-27(14-8-24)35-21-18-23-5-11-26(31)12-6-23/h5-17,19H,3-4,18,20-22H2,1-2H3. The number of halogens is 1. The molecule has 0 aliphatic heterocycles. The highest BCUT2D eigenvalue weighted by atomic mass is 35.5. The maximum Gasteiger partial charge on any atom is 0.159 e. The zero-order chi connectivity index (χ0) is 25.2. The highest BCUT2D eigenvalue weighted by molar-refractivity contribution is 6.30. The molecule has 5 nitrogen and oxygen atoms in total. The van der Waals surface area contributed by atoms with E-state index in [4.69, 9.17) is 26.1 Å². The molecule has 1 heterocycles. The van der Waals surface area contributed by atoms with Gasteiger partial charge in [0.2, 0.25) is 0 Å². The second-order valence-electron chi connectivity index (χ2n) is 8.41. The van der Waals surface area contributed by atoms with E-state index in [9.17, 15) is 0 Å². The number of nitrogens with zero attached hydrogens (tertiary/aromatic N) is 3. The molecule has 3 aromatic carbocycles. The molecule has 0 bridgehead atoms. The topological polar surface area (TPSA) is 47.5 Å². The molecule has 0 unspecified atom stereocenters. The molecule has 0 fully saturated rings. The molecule has 6 heteroatoms. The maximum atomic E-state index is 5.94. The first-order valence-electron chi connectivity index (χ1n) is 12.4. The molecule has 0 aliphatic carbocycles. The van der Waals surface area contributed by atoms with E-state index in [0.717, 1.165) is 59.4 Å². The van der Waals surface area contributed by atoms with Crippen molar-refractivity contribution in [2.45, 2.75) is 20.3 Å². The molecular weight excluding hydrogens is 470 g/mol. The highest BCUT2D eigenvalue weighted by Crippen LogP contribution is 2.24. The molecule has 0 atom stereocenters. The molecule has 0 saturated heterocycles. The van der Waals surface area contributed by atoms with E-state index in [-0.39, 0.29) is 0 Å². The normalized spacial score (nSPS) is 11.0. The second kappa shape index (κ2) is 13.1. The van der Waals surface area contributed by atoms with Crippen molar-refractivity contribution in [2.24, 2.45) is 0 Å². The minimum absolute atomic E-state index is 0.605. The smallest absolute Gasteiger partial charge is 0.159 e. The van der Waals surface area contributed by atoms with Crippen molar-refractivity contribution in [1.29, 1.82) is 0 Å². The van der Waals surface area contributed by atoms with E-state index in [1.165, 1.54) is 5.56 Å². The third-order valence-electron chi connectivity index (χ3n) is 6.06. The van der Waals surface area contributed by atoms with Gasteiger partial charge in [0.25, 0.3) is 0 Å². The number of hydrogen-bond donors (Lipinski definition) is 0. The van der Waals surface area contributed by atoms with Crippen LogP contribution in [0.15, 0.2) is 85.1 Å². The van der Waals surface area contributed by atoms with Gasteiger partial charge in [-0.15, -0.1) is 0 Å². The zero-order valence-corrected chi connectivity index (χ0v) is 21.6. The first kappa shape index (κ1) is 25.7. The van der Waals surface area contributed by atoms with E-state index >= 15 is 0 Å². The van der Waals surface area contributed by atoms with Crippen LogP contribution in [0, 0.1) is 0 Å². The molecule has 0 saturated carbocycles. The lowest BCUT2D eigenvalue weighted by atomic mass is 10.1. The van der Waals surface area contributed by atoms with Crippen LogP contribution in [0.5, 0.6) is 11.5 Å². The third kappa shape index (κ3) is 7.30. The van der Waals surface area contributed by atoms with Gasteiger partial charge in [0, 0.05) is 35.3 Å². The lowest BCUT2D eigenvalue weighted by Gasteiger charge is -2.18. The Labute approximate surface area is 218 Å². The van der Waals surface area contributed by atoms with E-state index in [0.29, 0.717) is 19.0 Å². The summed E-state index contributed by atoms with van der Waals surface area (Å²) in [5.74, 6) is 2.37. The minimum Gasteiger partial charge on any atom is -0.493 e. The number of benzene rings is 3. The summed E-state index contributed by atoms with van der Waals surface area (Å²) >= 11 is 5.94. The highest BCUT2D eigenvalue weighted by Gasteiger charge is 2.07. The lowest BCUT2D eigenvalue weighted by Crippen LogP contribution is -2.27. The van der Waals surface area contributed by atoms with Crippen molar-refractivity contribution in [2.75, 3.05) is 32.8 Å². The minimum atomic E-state index is 0.605. The van der Waals surface area contributed by atoms with Gasteiger partial charge < -0.3 is 14.4 Å². The fourth-order valence-electron chi connectivity index (χ4n) is 3.85. The van der Waals surface area contributed by atoms with Crippen LogP contribution in [0.3, 0.4) is 0 Å². The number of ether oxygens (including phenoxy) is 2. The van der Waals surface area contributed by atoms with Crippen LogP contribution in [0.4, 0.5) is 0 Å². The Bertz CT molecular complexity index is 1210. The molecule has 0 radical (unpaired) electrons. The second-order valence-corrected chi connectivity index (χ2v) is 8.85. The van der Waals surface area contributed by atoms with Gasteiger partial charge in [0.05, 0.1) is 12.3 Å². The van der Waals surface area contributed by atoms with Gasteiger partial charge in [-0.1, -0.05) is 37.6 Å². The number of aromatic nitrogens is 2. The van der Waals surface area contributed by atoms with Crippen LogP contribution in [-0.4, -0.2) is 47.7 Å². The summed E-state index contributed by atoms with van der Waals surface area (Å²) in [6.07, 6.45) is 2.62. The van der Waals surface area contributed by atoms with Crippen LogP contribution in [0.25, 0.3) is 22.6 Å². The number of likely N-dealkylation sites (N-methyl/N-ethyl adjacent to an activating group) is 1. The number of hydrogen-bond acceptors (Lipinski definition) is 5. The Kier molecular flexibility index (Phi) is 9.31. The average molecular weight is 502 g/mol. The molecule has 0 aliphatic rings. The van der Waals surface area contributed by atoms with Gasteiger partial charge in [0.15, 0.2) is 5.82 Å². The SMILES string of the molecule is CCN(CC)CCOc1ccc(-c2nccc(-c3ccc(OCCc4ccc(Cl)cc4)cc3)n2)cc1. The Morgan fingerprint density at radius 1 is 0.722 bits per heavy atom. The van der Waals surface area contributed by atoms with E-state index in [1.54, 1.807) is 6.20 Å². The molecule has 36 heavy (non-hydrogen) atoms. The molecule has 0 spiro atoms. The molecular formula is C30H32ClN3O2. The largest absolute Gasteiger partial charge is 0.493 e. The predicted octanol–water partition coefficient (Wildman–Crippen LogP) is 6.81. The Hall–Kier alpha value is -3.41. The van der Waals surface area contributed by atoms with E-state index < -0.39 is 0 Å². The van der Waals surface area contributed by atoms with E-state index in [2.05, 4.69) is 23.7 Å². The van der Waals surface area contributed by atoms with E-state index in [1.807, 2.05) is 78.9 Å². The van der Waals surface area contributed by atoms with Gasteiger partial charge in [-0.05, 0) is 85.4 Å². The Morgan fingerprint density at radius 2 is 1.33 bits per heavy atom. The first-order chi connectivity index (χ1) is 17.6. The molecule has 0 N–H and O–H groups in total. The summed E-state index contributed by atoms with van der Waals surface area (Å²) in [6.45, 7) is 8.60. The molecule has 4 aromatic rings. The zero-order valence-electron chi connectivity index (χ0n) is 20.9. The van der Waals surface area contributed by atoms with Crippen LogP contribution in [0.1, 0.15) is 19.4 Å². The van der Waals surface area contributed by atoms with Crippen molar-refractivity contribution in [1.82, 2.24) is 14.9 Å². The summed E-state index contributed by atoms with van der Waals surface area (Å²) in [4.78, 5) is 11.6. The summed E-state index contributed by atoms with van der Waals surface area (Å²) in [7, 11) is 0. The van der Waals surface area contributed by atoms with Crippen LogP contribution in [0.2, 0.25) is 5.02 Å². The number of rotatable bonds is 12. The first-order valence-corrected chi connectivity index (χ1v) is 12.8. The summed E-state index contributed by atoms with van der Waals surface area (Å²) in [6, 6.07) is 25.7. The van der Waals surface area contributed by atoms with Crippen LogP contribution < -0.4 is 9.47 Å². The summed E-state index contributed by atoms with van der Waals surface area (Å²) < 4.78 is 11.8. The van der Waals surface area contributed by atoms with Crippen LogP contribution >= 0.6 is 11.6 Å². The molecule has 0 amide bonds. The summed E-state index contributed by atoms with van der Waals surface area (Å²) in [5, 5.41) is 0.746. The average Bonchev–Trinajstić information content (AvgIpc) is 2.93. The quantitative estimate of drug-likeness (QED) is 0.213. The van der Waals surface area contributed by atoms with Gasteiger partial charge >= 0.3 is 0 Å². The maximum absolute atomic E-state index is 5.94. The van der Waals surface area contributed by atoms with Gasteiger partial charge in [-0.3, -0.25) is 0 Å². The Balaban J connectivity index is 1.33. The van der Waals surface area contributed by atoms with Crippen molar-refractivity contribution >= 4 is 11.6 Å². The molecule has 4 rings (SSSR count). The summed E-state index contributed by atoms with van der Waals surface area (Å²) in [5.41, 5.74) is 4.03. The van der Waals surface area contributed by atoms with Gasteiger partial charge in [0.1, 0.15) is 18.1 Å². The van der Waals surface area contributed by atoms with Crippen molar-refractivity contribution in [3.63, 3.8) is 0 Å². The predicted molar refractivity (Wildman–Crippen MR) is 147 cm³/mol. The monoisotopic (exact) mass is 501 g/mol. The van der Waals surface area contributed by atoms with Crippen LogP contribution in [-0.2, 0) is 6.42 Å². The van der Waals surface area contributed by atoms with Crippen molar-refractivity contribution < 1.29 is 9.47 Å². The van der Waals surface area contributed by atoms with Gasteiger partial charge in [-0.25, -0.2) is 9.97 Å². The lowest BCUT2D eigenvalue weighted by molar-refractivity contribution is 0.223. The Morgan fingerprint density at radius 3 is 1.97 bits per heavy atom. The molecule has 1 aromatic heterocycles. The third-order valence-corrected chi connectivity index (χ3v) is 6.31. The van der Waals surface area contributed by atoms with Crippen molar-refractivity contribution in [3.05, 3.63) is 95.6 Å².